The van der Waals surface area contributed by atoms with Crippen molar-refractivity contribution in [2.24, 2.45) is 0 Å². The monoisotopic (exact) mass is 449 g/mol. The molecule has 0 amide bonds. The van der Waals surface area contributed by atoms with Gasteiger partial charge >= 0.3 is 0 Å². The molecule has 3 aromatic rings. The Morgan fingerprint density at radius 1 is 1.16 bits per heavy atom. The van der Waals surface area contributed by atoms with Crippen LogP contribution in [0.25, 0.3) is 11.8 Å². The van der Waals surface area contributed by atoms with Gasteiger partial charge in [-0.25, -0.2) is 9.37 Å². The van der Waals surface area contributed by atoms with Crippen LogP contribution in [0.5, 0.6) is 5.75 Å². The zero-order valence-electron chi connectivity index (χ0n) is 18.5. The molecule has 1 fully saturated rings. The normalized spacial score (nSPS) is 16.8. The van der Waals surface area contributed by atoms with Gasteiger partial charge in [0.05, 0.1) is 24.8 Å². The molecule has 4 nitrogen and oxygen atoms in total. The molecule has 1 aliphatic rings. The lowest BCUT2D eigenvalue weighted by Crippen LogP contribution is -2.29. The summed E-state index contributed by atoms with van der Waals surface area (Å²) in [6.07, 6.45) is 11.0. The van der Waals surface area contributed by atoms with E-state index >= 15 is 0 Å². The van der Waals surface area contributed by atoms with E-state index in [1.807, 2.05) is 54.1 Å². The van der Waals surface area contributed by atoms with Crippen molar-refractivity contribution in [3.8, 4) is 11.4 Å². The molecule has 1 aromatic heterocycles. The van der Waals surface area contributed by atoms with Crippen molar-refractivity contribution in [1.29, 1.82) is 0 Å². The number of halogens is 1. The quantitative estimate of drug-likeness (QED) is 0.356. The average molecular weight is 450 g/mol. The number of hydrogen-bond acceptors (Lipinski definition) is 3. The number of hydrogen-bond donors (Lipinski definition) is 0. The van der Waals surface area contributed by atoms with Crippen LogP contribution in [0, 0.1) is 12.7 Å². The smallest absolute Gasteiger partial charge is 0.143 e. The number of aryl methyl sites for hydroxylation is 1. The molecule has 0 N–H and O–H groups in total. The van der Waals surface area contributed by atoms with Gasteiger partial charge in [0.15, 0.2) is 0 Å². The summed E-state index contributed by atoms with van der Waals surface area (Å²) < 4.78 is 20.8. The largest absolute Gasteiger partial charge is 0.495 e. The van der Waals surface area contributed by atoms with E-state index in [0.29, 0.717) is 5.92 Å². The number of rotatable bonds is 5. The van der Waals surface area contributed by atoms with Gasteiger partial charge in [-0.1, -0.05) is 36.5 Å². The zero-order chi connectivity index (χ0) is 22.5. The maximum atomic E-state index is 13.2. The molecule has 0 spiro atoms. The first kappa shape index (κ1) is 22.2. The van der Waals surface area contributed by atoms with Crippen molar-refractivity contribution in [2.45, 2.75) is 32.1 Å². The molecule has 1 aliphatic heterocycles. The fraction of sp³-hybridized carbons (Fsp3) is 0.308. The number of benzene rings is 2. The summed E-state index contributed by atoms with van der Waals surface area (Å²) in [6, 6.07) is 13.0. The van der Waals surface area contributed by atoms with Gasteiger partial charge in [-0.2, -0.15) is 0 Å². The van der Waals surface area contributed by atoms with E-state index in [4.69, 9.17) is 17.0 Å². The Morgan fingerprint density at radius 3 is 2.69 bits per heavy atom. The molecule has 0 aliphatic carbocycles. The summed E-state index contributed by atoms with van der Waals surface area (Å²) in [5.74, 6) is 1.06. The summed E-state index contributed by atoms with van der Waals surface area (Å²) in [5.41, 5.74) is 4.16. The minimum Gasteiger partial charge on any atom is -0.495 e. The lowest BCUT2D eigenvalue weighted by atomic mass is 9.92. The predicted molar refractivity (Wildman–Crippen MR) is 131 cm³/mol. The van der Waals surface area contributed by atoms with E-state index in [-0.39, 0.29) is 5.82 Å². The summed E-state index contributed by atoms with van der Waals surface area (Å²) >= 11 is 5.72. The van der Waals surface area contributed by atoms with E-state index < -0.39 is 0 Å². The highest BCUT2D eigenvalue weighted by molar-refractivity contribution is 7.80. The summed E-state index contributed by atoms with van der Waals surface area (Å²) in [4.78, 5) is 7.41. The fourth-order valence-corrected chi connectivity index (χ4v) is 4.47. The molecule has 1 atom stereocenters. The van der Waals surface area contributed by atoms with Crippen molar-refractivity contribution in [2.75, 3.05) is 20.2 Å². The molecular weight excluding hydrogens is 421 g/mol. The van der Waals surface area contributed by atoms with Crippen LogP contribution in [0.4, 0.5) is 4.39 Å². The summed E-state index contributed by atoms with van der Waals surface area (Å²) in [7, 11) is 1.68. The van der Waals surface area contributed by atoms with Gasteiger partial charge in [-0.3, -0.25) is 0 Å². The maximum absolute atomic E-state index is 13.2. The van der Waals surface area contributed by atoms with Crippen molar-refractivity contribution in [1.82, 2.24) is 14.5 Å². The minimum atomic E-state index is -0.180. The van der Waals surface area contributed by atoms with Crippen LogP contribution in [0.15, 0.2) is 61.1 Å². The highest BCUT2D eigenvalue weighted by Crippen LogP contribution is 2.29. The van der Waals surface area contributed by atoms with E-state index in [2.05, 4.69) is 16.0 Å². The van der Waals surface area contributed by atoms with E-state index in [0.717, 1.165) is 60.0 Å². The van der Waals surface area contributed by atoms with Crippen LogP contribution >= 0.6 is 12.2 Å². The molecule has 32 heavy (non-hydrogen) atoms. The first-order valence-electron chi connectivity index (χ1n) is 10.9. The first-order valence-corrected chi connectivity index (χ1v) is 11.4. The zero-order valence-corrected chi connectivity index (χ0v) is 19.3. The van der Waals surface area contributed by atoms with Crippen molar-refractivity contribution >= 4 is 23.3 Å². The van der Waals surface area contributed by atoms with Crippen molar-refractivity contribution in [3.05, 3.63) is 83.7 Å². The van der Waals surface area contributed by atoms with E-state index in [1.165, 1.54) is 5.56 Å². The standard InChI is InChI=1S/C26H28FN3OS/c1-19-17-30(18-28-19)24-11-5-20(16-25(24)31-2)6-12-26(32)29-14-3-4-21(13-15-29)22-7-9-23(27)10-8-22/h5-12,16-18,21H,3-4,13-15H2,1-2H3/b12-6+. The third-order valence-corrected chi connectivity index (χ3v) is 6.39. The van der Waals surface area contributed by atoms with Crippen LogP contribution in [-0.4, -0.2) is 39.6 Å². The Bertz CT molecular complexity index is 1110. The fourth-order valence-electron chi connectivity index (χ4n) is 4.22. The van der Waals surface area contributed by atoms with Crippen LogP contribution in [0.2, 0.25) is 0 Å². The van der Waals surface area contributed by atoms with Gasteiger partial charge in [0.1, 0.15) is 16.6 Å². The van der Waals surface area contributed by atoms with Gasteiger partial charge in [-0.05, 0) is 73.6 Å². The summed E-state index contributed by atoms with van der Waals surface area (Å²) in [5, 5.41) is 0. The molecule has 0 radical (unpaired) electrons. The molecule has 6 heteroatoms. The Kier molecular flexibility index (Phi) is 7.00. The first-order chi connectivity index (χ1) is 15.5. The number of ether oxygens (including phenoxy) is 1. The Balaban J connectivity index is 1.41. The molecule has 2 aromatic carbocycles. The third-order valence-electron chi connectivity index (χ3n) is 5.99. The number of methoxy groups -OCH3 is 1. The second-order valence-corrected chi connectivity index (χ2v) is 8.61. The van der Waals surface area contributed by atoms with E-state index in [1.54, 1.807) is 25.6 Å². The van der Waals surface area contributed by atoms with Crippen LogP contribution in [0.1, 0.15) is 42.0 Å². The van der Waals surface area contributed by atoms with Gasteiger partial charge in [0, 0.05) is 19.3 Å². The summed E-state index contributed by atoms with van der Waals surface area (Å²) in [6.45, 7) is 3.82. The van der Waals surface area contributed by atoms with Gasteiger partial charge < -0.3 is 14.2 Å². The van der Waals surface area contributed by atoms with Crippen LogP contribution in [0.3, 0.4) is 0 Å². The number of thiocarbonyl (C=S) groups is 1. The molecule has 0 saturated carbocycles. The molecular formula is C26H28FN3OS. The molecule has 4 rings (SSSR count). The Labute approximate surface area is 194 Å². The maximum Gasteiger partial charge on any atom is 0.143 e. The number of aromatic nitrogens is 2. The number of nitrogens with zero attached hydrogens (tertiary/aromatic N) is 3. The molecule has 0 bridgehead atoms. The molecule has 2 heterocycles. The Morgan fingerprint density at radius 2 is 1.97 bits per heavy atom. The number of likely N-dealkylation sites (tertiary alicyclic amines) is 1. The molecule has 166 valence electrons. The second-order valence-electron chi connectivity index (χ2n) is 8.19. The predicted octanol–water partition coefficient (Wildman–Crippen LogP) is 5.94. The van der Waals surface area contributed by atoms with Crippen molar-refractivity contribution in [3.63, 3.8) is 0 Å². The minimum absolute atomic E-state index is 0.180. The van der Waals surface area contributed by atoms with Crippen LogP contribution < -0.4 is 4.74 Å². The van der Waals surface area contributed by atoms with Gasteiger partial charge in [0.25, 0.3) is 0 Å². The van der Waals surface area contributed by atoms with Gasteiger partial charge in [-0.15, -0.1) is 0 Å². The highest BCUT2D eigenvalue weighted by Gasteiger charge is 2.19. The lowest BCUT2D eigenvalue weighted by Gasteiger charge is -2.21. The molecule has 1 unspecified atom stereocenters. The Hall–Kier alpha value is -2.99. The second kappa shape index (κ2) is 10.1. The van der Waals surface area contributed by atoms with E-state index in [9.17, 15) is 4.39 Å². The molecule has 1 saturated heterocycles. The third kappa shape index (κ3) is 5.25. The average Bonchev–Trinajstić information content (AvgIpc) is 3.09. The van der Waals surface area contributed by atoms with Crippen molar-refractivity contribution < 1.29 is 9.13 Å². The topological polar surface area (TPSA) is 30.3 Å². The van der Waals surface area contributed by atoms with Gasteiger partial charge in [0.2, 0.25) is 0 Å². The lowest BCUT2D eigenvalue weighted by molar-refractivity contribution is 0.413. The SMILES string of the molecule is COc1cc(/C=C/C(=S)N2CCCC(c3ccc(F)cc3)CC2)ccc1-n1cnc(C)c1. The van der Waals surface area contributed by atoms with Crippen LogP contribution in [-0.2, 0) is 0 Å². The highest BCUT2D eigenvalue weighted by atomic mass is 32.1. The number of imidazole rings is 1.